The molecule has 0 N–H and O–H groups in total. The maximum Gasteiger partial charge on any atom is 0.339 e. The zero-order valence-corrected chi connectivity index (χ0v) is 22.8. The number of ether oxygens (including phenoxy) is 2. The Hall–Kier alpha value is -2.58. The van der Waals surface area contributed by atoms with Crippen molar-refractivity contribution in [2.45, 2.75) is 46.3 Å². The third kappa shape index (κ3) is 5.54. The molecule has 0 aliphatic carbocycles. The Bertz CT molecular complexity index is 1430. The van der Waals surface area contributed by atoms with E-state index in [0.717, 1.165) is 27.6 Å². The van der Waals surface area contributed by atoms with Crippen molar-refractivity contribution in [1.29, 1.82) is 0 Å². The minimum atomic E-state index is -0.988. The first-order chi connectivity index (χ1) is 17.0. The molecule has 0 saturated heterocycles. The quantitative estimate of drug-likeness (QED) is 0.180. The number of carbonyl (C=O) groups is 1. The van der Waals surface area contributed by atoms with Crippen LogP contribution in [-0.4, -0.2) is 28.1 Å². The average Bonchev–Trinajstić information content (AvgIpc) is 3.22. The number of pyridine rings is 1. The standard InChI is InChI=1S/C27H25Cl2FN2O3S/c1-6-34-26(33)23(35-27(3,4)5)21-14(2)11-19-24(22(21)15-7-9-16(28)10-8-15)36-25(32-19)17-12-20(29)31-13-18(17)30/h7-13,23H,6H2,1-5H3/t23-/m0/s1. The monoisotopic (exact) mass is 546 g/mol. The summed E-state index contributed by atoms with van der Waals surface area (Å²) in [4.78, 5) is 21.7. The van der Waals surface area contributed by atoms with E-state index in [1.165, 1.54) is 17.4 Å². The van der Waals surface area contributed by atoms with Crippen molar-refractivity contribution in [1.82, 2.24) is 9.97 Å². The highest BCUT2D eigenvalue weighted by Gasteiger charge is 2.33. The molecule has 2 aromatic heterocycles. The fraction of sp³-hybridized carbons (Fsp3) is 0.296. The Morgan fingerprint density at radius 2 is 1.86 bits per heavy atom. The lowest BCUT2D eigenvalue weighted by molar-refractivity contribution is -0.166. The lowest BCUT2D eigenvalue weighted by atomic mass is 9.91. The molecule has 0 spiro atoms. The van der Waals surface area contributed by atoms with Crippen LogP contribution < -0.4 is 0 Å². The highest BCUT2D eigenvalue weighted by atomic mass is 35.5. The Morgan fingerprint density at radius 3 is 2.50 bits per heavy atom. The molecular formula is C27H25Cl2FN2O3S. The van der Waals surface area contributed by atoms with Crippen LogP contribution in [0.4, 0.5) is 4.39 Å². The van der Waals surface area contributed by atoms with Crippen molar-refractivity contribution in [3.8, 4) is 21.7 Å². The van der Waals surface area contributed by atoms with E-state index in [9.17, 15) is 9.18 Å². The molecule has 0 saturated carbocycles. The second-order valence-electron chi connectivity index (χ2n) is 9.21. The van der Waals surface area contributed by atoms with Crippen molar-refractivity contribution < 1.29 is 18.7 Å². The number of aryl methyl sites for hydroxylation is 1. The van der Waals surface area contributed by atoms with Gasteiger partial charge in [-0.05, 0) is 70.0 Å². The van der Waals surface area contributed by atoms with Crippen molar-refractivity contribution in [3.05, 3.63) is 69.7 Å². The topological polar surface area (TPSA) is 61.3 Å². The van der Waals surface area contributed by atoms with Crippen LogP contribution in [0, 0.1) is 12.7 Å². The van der Waals surface area contributed by atoms with Gasteiger partial charge in [-0.1, -0.05) is 35.3 Å². The van der Waals surface area contributed by atoms with Crippen molar-refractivity contribution in [3.63, 3.8) is 0 Å². The van der Waals surface area contributed by atoms with Crippen LogP contribution in [0.2, 0.25) is 10.2 Å². The summed E-state index contributed by atoms with van der Waals surface area (Å²) in [6.07, 6.45) is 0.0896. The third-order valence-electron chi connectivity index (χ3n) is 5.35. The molecule has 4 rings (SSSR count). The molecule has 0 aliphatic heterocycles. The molecule has 0 unspecified atom stereocenters. The van der Waals surface area contributed by atoms with Gasteiger partial charge in [-0.25, -0.2) is 19.2 Å². The van der Waals surface area contributed by atoms with E-state index >= 15 is 0 Å². The van der Waals surface area contributed by atoms with Gasteiger partial charge in [0.15, 0.2) is 11.9 Å². The van der Waals surface area contributed by atoms with Gasteiger partial charge in [0.05, 0.1) is 34.2 Å². The van der Waals surface area contributed by atoms with Gasteiger partial charge < -0.3 is 9.47 Å². The van der Waals surface area contributed by atoms with E-state index < -0.39 is 23.5 Å². The van der Waals surface area contributed by atoms with Crippen molar-refractivity contribution in [2.75, 3.05) is 6.61 Å². The molecule has 36 heavy (non-hydrogen) atoms. The van der Waals surface area contributed by atoms with Crippen LogP contribution in [0.1, 0.15) is 44.9 Å². The highest BCUT2D eigenvalue weighted by Crippen LogP contribution is 2.45. The van der Waals surface area contributed by atoms with Crippen LogP contribution >= 0.6 is 34.5 Å². The first-order valence-corrected chi connectivity index (χ1v) is 12.9. The molecule has 0 amide bonds. The van der Waals surface area contributed by atoms with Crippen LogP contribution in [0.25, 0.3) is 31.9 Å². The van der Waals surface area contributed by atoms with Gasteiger partial charge in [0.1, 0.15) is 10.2 Å². The lowest BCUT2D eigenvalue weighted by Crippen LogP contribution is -2.29. The van der Waals surface area contributed by atoms with Crippen LogP contribution in [-0.2, 0) is 14.3 Å². The molecule has 0 bridgehead atoms. The number of aromatic nitrogens is 2. The molecule has 0 fully saturated rings. The number of fused-ring (bicyclic) bond motifs is 1. The number of halogens is 3. The number of esters is 1. The first kappa shape index (κ1) is 26.5. The number of hydrogen-bond acceptors (Lipinski definition) is 6. The van der Waals surface area contributed by atoms with Gasteiger partial charge in [0, 0.05) is 16.1 Å². The SMILES string of the molecule is CCOC(=O)[C@@H](OC(C)(C)C)c1c(C)cc2nc(-c3cc(Cl)ncc3F)sc2c1-c1ccc(Cl)cc1. The first-order valence-electron chi connectivity index (χ1n) is 11.3. The Balaban J connectivity index is 2.05. The minimum absolute atomic E-state index is 0.168. The second-order valence-corrected chi connectivity index (χ2v) is 11.0. The summed E-state index contributed by atoms with van der Waals surface area (Å²) in [7, 11) is 0. The number of rotatable bonds is 6. The van der Waals surface area contributed by atoms with E-state index in [1.807, 2.05) is 45.9 Å². The maximum atomic E-state index is 14.7. The molecule has 188 valence electrons. The number of thiazole rings is 1. The smallest absolute Gasteiger partial charge is 0.339 e. The van der Waals surface area contributed by atoms with Crippen LogP contribution in [0.3, 0.4) is 0 Å². The van der Waals surface area contributed by atoms with Gasteiger partial charge >= 0.3 is 5.97 Å². The van der Waals surface area contributed by atoms with E-state index in [-0.39, 0.29) is 17.3 Å². The predicted molar refractivity (Wildman–Crippen MR) is 143 cm³/mol. The second kappa shape index (κ2) is 10.4. The summed E-state index contributed by atoms with van der Waals surface area (Å²) < 4.78 is 27.1. The molecule has 1 atom stereocenters. The van der Waals surface area contributed by atoms with Crippen LogP contribution in [0.5, 0.6) is 0 Å². The van der Waals surface area contributed by atoms with Gasteiger partial charge in [0.25, 0.3) is 0 Å². The zero-order chi connectivity index (χ0) is 26.2. The Labute approximate surface area is 223 Å². The molecule has 9 heteroatoms. The molecular weight excluding hydrogens is 522 g/mol. The summed E-state index contributed by atoms with van der Waals surface area (Å²) in [5.74, 6) is -1.01. The fourth-order valence-electron chi connectivity index (χ4n) is 3.94. The van der Waals surface area contributed by atoms with Gasteiger partial charge in [0.2, 0.25) is 0 Å². The highest BCUT2D eigenvalue weighted by molar-refractivity contribution is 7.22. The molecule has 0 aliphatic rings. The average molecular weight is 547 g/mol. The van der Waals surface area contributed by atoms with Crippen molar-refractivity contribution in [2.24, 2.45) is 0 Å². The summed E-state index contributed by atoms with van der Waals surface area (Å²) in [5, 5.41) is 1.19. The normalized spacial score (nSPS) is 12.7. The van der Waals surface area contributed by atoms with Crippen LogP contribution in [0.15, 0.2) is 42.6 Å². The Morgan fingerprint density at radius 1 is 1.17 bits per heavy atom. The molecule has 4 aromatic rings. The fourth-order valence-corrected chi connectivity index (χ4v) is 5.37. The Kier molecular flexibility index (Phi) is 7.67. The molecule has 2 heterocycles. The molecule has 2 aromatic carbocycles. The number of benzene rings is 2. The van der Waals surface area contributed by atoms with E-state index in [1.54, 1.807) is 19.1 Å². The number of carbonyl (C=O) groups excluding carboxylic acids is 1. The van der Waals surface area contributed by atoms with E-state index in [2.05, 4.69) is 4.98 Å². The molecule has 5 nitrogen and oxygen atoms in total. The minimum Gasteiger partial charge on any atom is -0.464 e. The van der Waals surface area contributed by atoms with Gasteiger partial charge in [-0.2, -0.15) is 0 Å². The van der Waals surface area contributed by atoms with E-state index in [0.29, 0.717) is 21.1 Å². The summed E-state index contributed by atoms with van der Waals surface area (Å²) in [6, 6.07) is 10.6. The summed E-state index contributed by atoms with van der Waals surface area (Å²) in [5.41, 5.74) is 3.32. The number of hydrogen-bond donors (Lipinski definition) is 0. The zero-order valence-electron chi connectivity index (χ0n) is 20.5. The predicted octanol–water partition coefficient (Wildman–Crippen LogP) is 8.20. The van der Waals surface area contributed by atoms with Gasteiger partial charge in [-0.15, -0.1) is 11.3 Å². The lowest BCUT2D eigenvalue weighted by Gasteiger charge is -2.29. The third-order valence-corrected chi connectivity index (χ3v) is 6.93. The summed E-state index contributed by atoms with van der Waals surface area (Å²) in [6.45, 7) is 9.52. The van der Waals surface area contributed by atoms with Crippen molar-refractivity contribution >= 4 is 50.7 Å². The largest absolute Gasteiger partial charge is 0.464 e. The van der Waals surface area contributed by atoms with Gasteiger partial charge in [-0.3, -0.25) is 0 Å². The number of nitrogens with zero attached hydrogens (tertiary/aromatic N) is 2. The summed E-state index contributed by atoms with van der Waals surface area (Å²) >= 11 is 13.5. The van der Waals surface area contributed by atoms with E-state index in [4.69, 9.17) is 37.7 Å². The maximum absolute atomic E-state index is 14.7. The molecule has 0 radical (unpaired) electrons.